The molecule has 3 aromatic carbocycles. The van der Waals surface area contributed by atoms with Gasteiger partial charge >= 0.3 is 0 Å². The van der Waals surface area contributed by atoms with E-state index in [-0.39, 0.29) is 29.6 Å². The summed E-state index contributed by atoms with van der Waals surface area (Å²) in [5, 5.41) is 0. The van der Waals surface area contributed by atoms with E-state index in [1.807, 2.05) is 91.0 Å². The highest BCUT2D eigenvalue weighted by Gasteiger charge is 2.48. The zero-order valence-electron chi connectivity index (χ0n) is 19.6. The molecule has 2 aliphatic carbocycles. The molecule has 2 aliphatic heterocycles. The van der Waals surface area contributed by atoms with Crippen molar-refractivity contribution < 1.29 is 9.59 Å². The number of benzene rings is 3. The summed E-state index contributed by atoms with van der Waals surface area (Å²) >= 11 is 0. The molecule has 0 amide bonds. The van der Waals surface area contributed by atoms with E-state index in [4.69, 9.17) is 0 Å². The summed E-state index contributed by atoms with van der Waals surface area (Å²) < 4.78 is 0. The quantitative estimate of drug-likeness (QED) is 0.461. The van der Waals surface area contributed by atoms with Crippen LogP contribution in [0.5, 0.6) is 0 Å². The molecule has 4 heteroatoms. The van der Waals surface area contributed by atoms with Crippen LogP contribution in [-0.2, 0) is 4.79 Å². The van der Waals surface area contributed by atoms with Crippen molar-refractivity contribution in [3.8, 4) is 0 Å². The predicted octanol–water partition coefficient (Wildman–Crippen LogP) is 6.03. The molecule has 0 bridgehead atoms. The molecule has 3 aromatic rings. The van der Waals surface area contributed by atoms with Gasteiger partial charge in [-0.2, -0.15) is 0 Å². The number of Topliss-reactive ketones (excluding diaryl/α,β-unsaturated/α-hetero) is 2. The first-order valence-corrected chi connectivity index (χ1v) is 12.4. The lowest BCUT2D eigenvalue weighted by molar-refractivity contribution is -0.118. The monoisotopic (exact) mass is 468 g/mol. The van der Waals surface area contributed by atoms with Crippen molar-refractivity contribution in [2.24, 2.45) is 11.8 Å². The van der Waals surface area contributed by atoms with Crippen LogP contribution in [0.25, 0.3) is 0 Å². The van der Waals surface area contributed by atoms with Crippen molar-refractivity contribution >= 4 is 28.6 Å². The molecule has 36 heavy (non-hydrogen) atoms. The number of carbonyl (C=O) groups is 2. The average Bonchev–Trinajstić information content (AvgIpc) is 2.94. The first-order chi connectivity index (χ1) is 17.7. The molecule has 4 nitrogen and oxygen atoms in total. The van der Waals surface area contributed by atoms with E-state index in [2.05, 4.69) is 40.1 Å². The number of piperidine rings is 1. The van der Waals surface area contributed by atoms with Gasteiger partial charge in [0.15, 0.2) is 11.6 Å². The van der Waals surface area contributed by atoms with Gasteiger partial charge in [0.25, 0.3) is 0 Å². The van der Waals surface area contributed by atoms with Crippen molar-refractivity contribution in [2.45, 2.75) is 12.1 Å². The highest BCUT2D eigenvalue weighted by atomic mass is 16.1. The number of para-hydroxylation sites is 3. The van der Waals surface area contributed by atoms with E-state index in [9.17, 15) is 9.59 Å². The van der Waals surface area contributed by atoms with Gasteiger partial charge in [-0.05, 0) is 48.6 Å². The van der Waals surface area contributed by atoms with Gasteiger partial charge in [0.1, 0.15) is 0 Å². The van der Waals surface area contributed by atoms with Crippen LogP contribution in [-0.4, -0.2) is 23.7 Å². The Bertz CT molecular complexity index is 1500. The van der Waals surface area contributed by atoms with Gasteiger partial charge in [0.05, 0.1) is 29.6 Å². The molecular weight excluding hydrogens is 444 g/mol. The third-order valence-corrected chi connectivity index (χ3v) is 7.65. The first kappa shape index (κ1) is 20.9. The molecule has 0 saturated carbocycles. The molecule has 1 fully saturated rings. The van der Waals surface area contributed by atoms with Gasteiger partial charge in [0, 0.05) is 28.2 Å². The molecule has 7 rings (SSSR count). The topological polar surface area (TPSA) is 40.6 Å². The van der Waals surface area contributed by atoms with Crippen LogP contribution in [0.15, 0.2) is 133 Å². The number of hydrogen-bond donors (Lipinski definition) is 0. The fourth-order valence-corrected chi connectivity index (χ4v) is 6.06. The number of carbonyl (C=O) groups excluding carboxylic acids is 2. The van der Waals surface area contributed by atoms with E-state index in [1.54, 1.807) is 0 Å². The van der Waals surface area contributed by atoms with Crippen molar-refractivity contribution in [1.82, 2.24) is 0 Å². The molecule has 4 atom stereocenters. The molecule has 2 heterocycles. The summed E-state index contributed by atoms with van der Waals surface area (Å²) in [5.41, 5.74) is 5.12. The summed E-state index contributed by atoms with van der Waals surface area (Å²) in [5.74, 6) is -0.478. The van der Waals surface area contributed by atoms with Gasteiger partial charge < -0.3 is 9.80 Å². The maximum absolute atomic E-state index is 13.9. The third kappa shape index (κ3) is 3.01. The van der Waals surface area contributed by atoms with Crippen LogP contribution in [0, 0.1) is 11.8 Å². The Hall–Kier alpha value is -4.44. The summed E-state index contributed by atoms with van der Waals surface area (Å²) in [6, 6.07) is 27.7. The molecule has 4 unspecified atom stereocenters. The summed E-state index contributed by atoms with van der Waals surface area (Å²) in [7, 11) is 0. The van der Waals surface area contributed by atoms with E-state index in [0.29, 0.717) is 11.1 Å². The lowest BCUT2D eigenvalue weighted by atomic mass is 9.73. The smallest absolute Gasteiger partial charge is 0.174 e. The highest BCUT2D eigenvalue weighted by molar-refractivity contribution is 6.11. The fraction of sp³-hybridized carbons (Fsp3) is 0.125. The number of hydrogen-bond acceptors (Lipinski definition) is 4. The largest absolute Gasteiger partial charge is 0.333 e. The van der Waals surface area contributed by atoms with Crippen LogP contribution in [0.2, 0.25) is 0 Å². The Morgan fingerprint density at radius 3 is 1.94 bits per heavy atom. The molecule has 4 aliphatic rings. The Labute approximate surface area is 210 Å². The van der Waals surface area contributed by atoms with Crippen molar-refractivity contribution in [1.29, 1.82) is 0 Å². The second kappa shape index (κ2) is 8.06. The van der Waals surface area contributed by atoms with E-state index >= 15 is 0 Å². The molecule has 0 aromatic heterocycles. The third-order valence-electron chi connectivity index (χ3n) is 7.65. The first-order valence-electron chi connectivity index (χ1n) is 12.4. The normalized spacial score (nSPS) is 25.9. The summed E-state index contributed by atoms with van der Waals surface area (Å²) in [6.45, 7) is 0. The molecule has 174 valence electrons. The van der Waals surface area contributed by atoms with Crippen molar-refractivity contribution in [2.75, 3.05) is 9.80 Å². The number of anilines is 3. The minimum absolute atomic E-state index is 0.0900. The van der Waals surface area contributed by atoms with Crippen LogP contribution in [0.3, 0.4) is 0 Å². The van der Waals surface area contributed by atoms with Crippen molar-refractivity contribution in [3.63, 3.8) is 0 Å². The van der Waals surface area contributed by atoms with Crippen molar-refractivity contribution in [3.05, 3.63) is 138 Å². The maximum Gasteiger partial charge on any atom is 0.174 e. The Balaban J connectivity index is 1.44. The predicted molar refractivity (Wildman–Crippen MR) is 142 cm³/mol. The number of rotatable bonds is 2. The highest BCUT2D eigenvalue weighted by Crippen LogP contribution is 2.47. The Morgan fingerprint density at radius 2 is 1.19 bits per heavy atom. The number of allylic oxidation sites excluding steroid dienone is 3. The zero-order valence-corrected chi connectivity index (χ0v) is 19.6. The number of fused-ring (bicyclic) bond motifs is 4. The van der Waals surface area contributed by atoms with Gasteiger partial charge in [0.2, 0.25) is 0 Å². The molecule has 0 N–H and O–H groups in total. The molecule has 0 radical (unpaired) electrons. The number of ketones is 2. The Kier molecular flexibility index (Phi) is 4.68. The van der Waals surface area contributed by atoms with Gasteiger partial charge in [-0.3, -0.25) is 9.59 Å². The average molecular weight is 469 g/mol. The second-order valence-corrected chi connectivity index (χ2v) is 9.59. The lowest BCUT2D eigenvalue weighted by Crippen LogP contribution is -2.53. The Morgan fingerprint density at radius 1 is 0.556 bits per heavy atom. The van der Waals surface area contributed by atoms with Crippen LogP contribution in [0.4, 0.5) is 17.1 Å². The lowest BCUT2D eigenvalue weighted by Gasteiger charge is -2.48. The maximum atomic E-state index is 13.9. The van der Waals surface area contributed by atoms with Gasteiger partial charge in [-0.25, -0.2) is 0 Å². The summed E-state index contributed by atoms with van der Waals surface area (Å²) in [4.78, 5) is 32.2. The second-order valence-electron chi connectivity index (χ2n) is 9.59. The zero-order chi connectivity index (χ0) is 24.2. The van der Waals surface area contributed by atoms with Crippen LogP contribution < -0.4 is 9.80 Å². The minimum atomic E-state index is -0.405. The van der Waals surface area contributed by atoms with Crippen LogP contribution in [0.1, 0.15) is 10.4 Å². The molecular formula is C32H24N2O2. The SMILES string of the molecule is O=C1C2=CC3C(C=C2N(c2ccccc2)C2C=CC=CC12)C(=O)c1ccccc1N3c1ccccc1. The van der Waals surface area contributed by atoms with Crippen LogP contribution >= 0.6 is 0 Å². The fourth-order valence-electron chi connectivity index (χ4n) is 6.06. The standard InChI is InChI=1S/C32H24N2O2/c35-31-23-15-7-9-17-27(23)33(21-11-3-1-4-12-21)29-19-26-30(20-25(29)31)34(22-13-5-2-6-14-22)28-18-10-8-16-24(28)32(26)36/h1-20,23,26-27,30H. The summed E-state index contributed by atoms with van der Waals surface area (Å²) in [6.07, 6.45) is 12.1. The van der Waals surface area contributed by atoms with E-state index < -0.39 is 5.92 Å². The van der Waals surface area contributed by atoms with E-state index in [0.717, 1.165) is 22.8 Å². The van der Waals surface area contributed by atoms with Gasteiger partial charge in [-0.15, -0.1) is 0 Å². The minimum Gasteiger partial charge on any atom is -0.333 e. The van der Waals surface area contributed by atoms with Gasteiger partial charge in [-0.1, -0.05) is 72.8 Å². The number of nitrogens with zero attached hydrogens (tertiary/aromatic N) is 2. The van der Waals surface area contributed by atoms with E-state index in [1.165, 1.54) is 0 Å². The molecule has 0 spiro atoms. The molecule has 1 saturated heterocycles.